The van der Waals surface area contributed by atoms with E-state index in [0.29, 0.717) is 5.02 Å². The summed E-state index contributed by atoms with van der Waals surface area (Å²) in [5.41, 5.74) is 0.840. The molecule has 0 aromatic carbocycles. The zero-order chi connectivity index (χ0) is 8.27. The Hall–Kier alpha value is -0.310. The third-order valence-corrected chi connectivity index (χ3v) is 1.91. The molecule has 1 aromatic heterocycles. The van der Waals surface area contributed by atoms with Crippen molar-refractivity contribution in [3.05, 3.63) is 29.0 Å². The number of halogens is 2. The molecule has 2 nitrogen and oxygen atoms in total. The minimum absolute atomic E-state index is 0.0235. The summed E-state index contributed by atoms with van der Waals surface area (Å²) in [4.78, 5) is 6.64. The van der Waals surface area contributed by atoms with Crippen LogP contribution in [0.3, 0.4) is 0 Å². The average molecular weight is 191 g/mol. The molecule has 0 saturated heterocycles. The monoisotopic (exact) mass is 190 g/mol. The Bertz CT molecular complexity index is 240. The lowest BCUT2D eigenvalue weighted by atomic mass is 10.2. The molecule has 1 heterocycles. The summed E-state index contributed by atoms with van der Waals surface area (Å²) in [5, 5.41) is 0.675. The zero-order valence-corrected chi connectivity index (χ0v) is 7.52. The van der Waals surface area contributed by atoms with E-state index < -0.39 is 0 Å². The van der Waals surface area contributed by atoms with E-state index in [-0.39, 0.29) is 6.04 Å². The standard InChI is InChI=1S/C7H8Cl2N2/c1-5(11-9)7-4-6(8)2-3-10-7/h2-5,11H,1H3. The maximum Gasteiger partial charge on any atom is 0.0615 e. The molecule has 0 bridgehead atoms. The quantitative estimate of drug-likeness (QED) is 0.726. The maximum absolute atomic E-state index is 5.74. The van der Waals surface area contributed by atoms with Gasteiger partial charge in [-0.15, -0.1) is 0 Å². The van der Waals surface area contributed by atoms with Gasteiger partial charge in [-0.25, -0.2) is 4.84 Å². The lowest BCUT2D eigenvalue weighted by molar-refractivity contribution is 0.717. The van der Waals surface area contributed by atoms with Crippen LogP contribution in [0.2, 0.25) is 5.02 Å². The minimum atomic E-state index is 0.0235. The van der Waals surface area contributed by atoms with Crippen molar-refractivity contribution in [2.45, 2.75) is 13.0 Å². The van der Waals surface area contributed by atoms with E-state index in [1.165, 1.54) is 0 Å². The molecule has 0 saturated carbocycles. The fraction of sp³-hybridized carbons (Fsp3) is 0.286. The Morgan fingerprint density at radius 3 is 2.91 bits per heavy atom. The summed E-state index contributed by atoms with van der Waals surface area (Å²) < 4.78 is 0. The summed E-state index contributed by atoms with van der Waals surface area (Å²) >= 11 is 11.1. The van der Waals surface area contributed by atoms with Gasteiger partial charge in [0.25, 0.3) is 0 Å². The normalized spacial score (nSPS) is 13.0. The van der Waals surface area contributed by atoms with Crippen molar-refractivity contribution in [3.63, 3.8) is 0 Å². The highest BCUT2D eigenvalue weighted by atomic mass is 35.5. The predicted molar refractivity (Wildman–Crippen MR) is 46.7 cm³/mol. The minimum Gasteiger partial charge on any atom is -0.259 e. The van der Waals surface area contributed by atoms with Gasteiger partial charge in [0.1, 0.15) is 0 Å². The number of hydrogen-bond acceptors (Lipinski definition) is 2. The van der Waals surface area contributed by atoms with E-state index in [0.717, 1.165) is 5.69 Å². The number of aromatic nitrogens is 1. The molecule has 0 aliphatic rings. The van der Waals surface area contributed by atoms with Crippen LogP contribution in [0.4, 0.5) is 0 Å². The lowest BCUT2D eigenvalue weighted by Gasteiger charge is -2.06. The first kappa shape index (κ1) is 8.78. The fourth-order valence-electron chi connectivity index (χ4n) is 0.714. The molecular weight excluding hydrogens is 183 g/mol. The zero-order valence-electron chi connectivity index (χ0n) is 6.01. The second kappa shape index (κ2) is 3.90. The molecule has 1 aromatic rings. The van der Waals surface area contributed by atoms with E-state index >= 15 is 0 Å². The van der Waals surface area contributed by atoms with Crippen LogP contribution in [0, 0.1) is 0 Å². The molecule has 60 valence electrons. The van der Waals surface area contributed by atoms with E-state index in [2.05, 4.69) is 9.82 Å². The number of pyridine rings is 1. The molecule has 0 radical (unpaired) electrons. The van der Waals surface area contributed by atoms with Gasteiger partial charge in [0.15, 0.2) is 0 Å². The Balaban J connectivity index is 2.86. The number of rotatable bonds is 2. The van der Waals surface area contributed by atoms with Gasteiger partial charge in [0.05, 0.1) is 11.7 Å². The van der Waals surface area contributed by atoms with Gasteiger partial charge in [-0.1, -0.05) is 11.6 Å². The van der Waals surface area contributed by atoms with Crippen molar-refractivity contribution >= 4 is 23.4 Å². The molecule has 1 atom stereocenters. The van der Waals surface area contributed by atoms with E-state index in [9.17, 15) is 0 Å². The van der Waals surface area contributed by atoms with Gasteiger partial charge in [-0.3, -0.25) is 4.98 Å². The summed E-state index contributed by atoms with van der Waals surface area (Å²) in [5.74, 6) is 0. The summed E-state index contributed by atoms with van der Waals surface area (Å²) in [7, 11) is 0. The number of hydrogen-bond donors (Lipinski definition) is 1. The van der Waals surface area contributed by atoms with Gasteiger partial charge in [0.2, 0.25) is 0 Å². The van der Waals surface area contributed by atoms with E-state index in [1.807, 2.05) is 6.92 Å². The Morgan fingerprint density at radius 2 is 2.36 bits per heavy atom. The van der Waals surface area contributed by atoms with Crippen LogP contribution < -0.4 is 4.84 Å². The Morgan fingerprint density at radius 1 is 1.64 bits per heavy atom. The van der Waals surface area contributed by atoms with Crippen LogP contribution in [0.1, 0.15) is 18.7 Å². The van der Waals surface area contributed by atoms with Crippen LogP contribution in [0.15, 0.2) is 18.3 Å². The summed E-state index contributed by atoms with van der Waals surface area (Å²) in [6, 6.07) is 3.53. The van der Waals surface area contributed by atoms with Crippen molar-refractivity contribution < 1.29 is 0 Å². The molecule has 11 heavy (non-hydrogen) atoms. The van der Waals surface area contributed by atoms with Gasteiger partial charge in [-0.2, -0.15) is 0 Å². The smallest absolute Gasteiger partial charge is 0.0615 e. The molecule has 1 rings (SSSR count). The van der Waals surface area contributed by atoms with Crippen molar-refractivity contribution in [3.8, 4) is 0 Å². The van der Waals surface area contributed by atoms with Gasteiger partial charge in [-0.05, 0) is 30.8 Å². The third kappa shape index (κ3) is 2.33. The molecule has 0 fully saturated rings. The SMILES string of the molecule is CC(NCl)c1cc(Cl)ccn1. The van der Waals surface area contributed by atoms with Crippen LogP contribution >= 0.6 is 23.4 Å². The Kier molecular flexibility index (Phi) is 3.12. The van der Waals surface area contributed by atoms with Gasteiger partial charge >= 0.3 is 0 Å². The molecule has 1 N–H and O–H groups in total. The number of nitrogens with zero attached hydrogens (tertiary/aromatic N) is 1. The van der Waals surface area contributed by atoms with Crippen LogP contribution in [0.5, 0.6) is 0 Å². The fourth-order valence-corrected chi connectivity index (χ4v) is 0.994. The molecule has 0 aliphatic carbocycles. The largest absolute Gasteiger partial charge is 0.259 e. The van der Waals surface area contributed by atoms with Crippen molar-refractivity contribution in [2.24, 2.45) is 0 Å². The highest BCUT2D eigenvalue weighted by Gasteiger charge is 2.03. The second-order valence-corrected chi connectivity index (χ2v) is 2.88. The van der Waals surface area contributed by atoms with Crippen molar-refractivity contribution in [2.75, 3.05) is 0 Å². The van der Waals surface area contributed by atoms with Crippen molar-refractivity contribution in [1.29, 1.82) is 0 Å². The molecule has 0 aliphatic heterocycles. The maximum atomic E-state index is 5.74. The molecule has 0 spiro atoms. The van der Waals surface area contributed by atoms with Crippen molar-refractivity contribution in [1.82, 2.24) is 9.82 Å². The molecule has 1 unspecified atom stereocenters. The predicted octanol–water partition coefficient (Wildman–Crippen LogP) is 2.54. The second-order valence-electron chi connectivity index (χ2n) is 2.23. The van der Waals surface area contributed by atoms with Gasteiger partial charge in [0, 0.05) is 11.2 Å². The van der Waals surface area contributed by atoms with E-state index in [1.54, 1.807) is 18.3 Å². The first-order chi connectivity index (χ1) is 5.24. The van der Waals surface area contributed by atoms with Crippen LogP contribution in [-0.2, 0) is 0 Å². The highest BCUT2D eigenvalue weighted by molar-refractivity contribution is 6.30. The summed E-state index contributed by atoms with van der Waals surface area (Å²) in [6.45, 7) is 1.91. The van der Waals surface area contributed by atoms with Crippen LogP contribution in [0.25, 0.3) is 0 Å². The topological polar surface area (TPSA) is 24.9 Å². The molecule has 4 heteroatoms. The summed E-state index contributed by atoms with van der Waals surface area (Å²) in [6.07, 6.45) is 1.66. The lowest BCUT2D eigenvalue weighted by Crippen LogP contribution is -2.07. The van der Waals surface area contributed by atoms with Gasteiger partial charge < -0.3 is 0 Å². The Labute approximate surface area is 75.6 Å². The highest BCUT2D eigenvalue weighted by Crippen LogP contribution is 2.14. The average Bonchev–Trinajstić information content (AvgIpc) is 2.03. The first-order valence-electron chi connectivity index (χ1n) is 3.21. The number of nitrogens with one attached hydrogen (secondary N) is 1. The van der Waals surface area contributed by atoms with E-state index in [4.69, 9.17) is 23.4 Å². The first-order valence-corrected chi connectivity index (χ1v) is 3.97. The molecule has 0 amide bonds. The molecular formula is C7H8Cl2N2. The van der Waals surface area contributed by atoms with Crippen LogP contribution in [-0.4, -0.2) is 4.98 Å². The third-order valence-electron chi connectivity index (χ3n) is 1.35.